The number of thiocarbonyl (C=S) groups is 1. The van der Waals surface area contributed by atoms with Crippen molar-refractivity contribution in [2.24, 2.45) is 5.73 Å². The Bertz CT molecular complexity index is 395. The first-order valence-electron chi connectivity index (χ1n) is 5.90. The summed E-state index contributed by atoms with van der Waals surface area (Å²) in [6.07, 6.45) is 0.981. The molecule has 0 saturated heterocycles. The quantitative estimate of drug-likeness (QED) is 0.736. The number of carbonyl (C=O) groups is 1. The van der Waals surface area contributed by atoms with Gasteiger partial charge in [-0.1, -0.05) is 37.3 Å². The fourth-order valence-corrected chi connectivity index (χ4v) is 1.64. The van der Waals surface area contributed by atoms with Crippen LogP contribution in [0, 0.1) is 0 Å². The molecule has 0 aliphatic rings. The average Bonchev–Trinajstić information content (AvgIpc) is 2.37. The third-order valence-corrected chi connectivity index (χ3v) is 2.71. The number of ether oxygens (including phenoxy) is 1. The van der Waals surface area contributed by atoms with Gasteiger partial charge in [0, 0.05) is 0 Å². The standard InChI is InChI=1S/C13H18N2O2S/c1-2-11(13(14)18)15-12(16)8-9-17-10-6-4-3-5-7-10/h3-7,11H,2,8-9H2,1H3,(H2,14,18)(H,15,16). The van der Waals surface area contributed by atoms with Gasteiger partial charge in [0.2, 0.25) is 5.91 Å². The number of amides is 1. The van der Waals surface area contributed by atoms with E-state index >= 15 is 0 Å². The third-order valence-electron chi connectivity index (χ3n) is 2.43. The summed E-state index contributed by atoms with van der Waals surface area (Å²) < 4.78 is 5.43. The van der Waals surface area contributed by atoms with Crippen LogP contribution in [0.3, 0.4) is 0 Å². The van der Waals surface area contributed by atoms with Gasteiger partial charge in [-0.2, -0.15) is 0 Å². The number of benzene rings is 1. The molecule has 0 bridgehead atoms. The summed E-state index contributed by atoms with van der Waals surface area (Å²) in [6, 6.07) is 9.14. The predicted octanol–water partition coefficient (Wildman–Crippen LogP) is 1.64. The second-order valence-corrected chi connectivity index (χ2v) is 4.31. The van der Waals surface area contributed by atoms with Crippen molar-refractivity contribution >= 4 is 23.1 Å². The molecule has 0 aliphatic carbocycles. The summed E-state index contributed by atoms with van der Waals surface area (Å²) in [5.41, 5.74) is 5.50. The smallest absolute Gasteiger partial charge is 0.223 e. The van der Waals surface area contributed by atoms with E-state index < -0.39 is 0 Å². The van der Waals surface area contributed by atoms with E-state index in [2.05, 4.69) is 5.32 Å². The van der Waals surface area contributed by atoms with Crippen LogP contribution < -0.4 is 15.8 Å². The highest BCUT2D eigenvalue weighted by molar-refractivity contribution is 7.80. The van der Waals surface area contributed by atoms with Gasteiger partial charge < -0.3 is 15.8 Å². The molecule has 5 heteroatoms. The predicted molar refractivity (Wildman–Crippen MR) is 75.6 cm³/mol. The molecular formula is C13H18N2O2S. The lowest BCUT2D eigenvalue weighted by molar-refractivity contribution is -0.121. The van der Waals surface area contributed by atoms with E-state index in [0.717, 1.165) is 5.75 Å². The van der Waals surface area contributed by atoms with Crippen molar-refractivity contribution in [3.8, 4) is 5.75 Å². The van der Waals surface area contributed by atoms with Crippen LogP contribution in [0.5, 0.6) is 5.75 Å². The van der Waals surface area contributed by atoms with Gasteiger partial charge in [0.15, 0.2) is 0 Å². The van der Waals surface area contributed by atoms with E-state index in [1.54, 1.807) is 0 Å². The molecule has 0 aromatic heterocycles. The zero-order valence-corrected chi connectivity index (χ0v) is 11.2. The number of nitrogens with two attached hydrogens (primary N) is 1. The Morgan fingerprint density at radius 3 is 2.67 bits per heavy atom. The molecule has 0 fully saturated rings. The van der Waals surface area contributed by atoms with Crippen LogP contribution in [-0.4, -0.2) is 23.5 Å². The summed E-state index contributed by atoms with van der Waals surface area (Å²) in [5, 5.41) is 2.77. The highest BCUT2D eigenvalue weighted by Gasteiger charge is 2.12. The van der Waals surface area contributed by atoms with Gasteiger partial charge >= 0.3 is 0 Å². The first-order valence-corrected chi connectivity index (χ1v) is 6.30. The maximum atomic E-state index is 11.6. The molecule has 0 heterocycles. The number of carbonyl (C=O) groups excluding carboxylic acids is 1. The maximum Gasteiger partial charge on any atom is 0.223 e. The lowest BCUT2D eigenvalue weighted by Crippen LogP contribution is -2.43. The number of hydrogen-bond donors (Lipinski definition) is 2. The van der Waals surface area contributed by atoms with Crippen LogP contribution in [0.15, 0.2) is 30.3 Å². The summed E-state index contributed by atoms with van der Waals surface area (Å²) in [5.74, 6) is 0.650. The Balaban J connectivity index is 2.27. The molecule has 18 heavy (non-hydrogen) atoms. The first kappa shape index (κ1) is 14.4. The molecule has 0 saturated carbocycles. The third kappa shape index (κ3) is 5.14. The van der Waals surface area contributed by atoms with Crippen LogP contribution in [0.2, 0.25) is 0 Å². The van der Waals surface area contributed by atoms with Gasteiger partial charge in [-0.25, -0.2) is 0 Å². The van der Waals surface area contributed by atoms with Crippen LogP contribution in [0.1, 0.15) is 19.8 Å². The van der Waals surface area contributed by atoms with Crippen molar-refractivity contribution in [1.29, 1.82) is 0 Å². The van der Waals surface area contributed by atoms with E-state index in [1.165, 1.54) is 0 Å². The van der Waals surface area contributed by atoms with Crippen molar-refractivity contribution in [2.45, 2.75) is 25.8 Å². The number of nitrogens with one attached hydrogen (secondary N) is 1. The second-order valence-electron chi connectivity index (χ2n) is 3.84. The molecule has 0 radical (unpaired) electrons. The fourth-order valence-electron chi connectivity index (χ4n) is 1.42. The maximum absolute atomic E-state index is 11.6. The van der Waals surface area contributed by atoms with Gasteiger partial charge in [0.05, 0.1) is 24.1 Å². The fraction of sp³-hybridized carbons (Fsp3) is 0.385. The van der Waals surface area contributed by atoms with Crippen LogP contribution in [-0.2, 0) is 4.79 Å². The van der Waals surface area contributed by atoms with E-state index in [-0.39, 0.29) is 18.4 Å². The van der Waals surface area contributed by atoms with Gasteiger partial charge in [0.1, 0.15) is 5.75 Å². The molecule has 0 aliphatic heterocycles. The Hall–Kier alpha value is -1.62. The highest BCUT2D eigenvalue weighted by atomic mass is 32.1. The minimum atomic E-state index is -0.232. The lowest BCUT2D eigenvalue weighted by Gasteiger charge is -2.15. The molecule has 1 aromatic rings. The summed E-state index contributed by atoms with van der Waals surface area (Å²) in [6.45, 7) is 2.26. The van der Waals surface area contributed by atoms with E-state index in [9.17, 15) is 4.79 Å². The van der Waals surface area contributed by atoms with Crippen molar-refractivity contribution in [2.75, 3.05) is 6.61 Å². The molecule has 1 atom stereocenters. The number of hydrogen-bond acceptors (Lipinski definition) is 3. The first-order chi connectivity index (χ1) is 8.63. The molecule has 3 N–H and O–H groups in total. The van der Waals surface area contributed by atoms with E-state index in [4.69, 9.17) is 22.7 Å². The largest absolute Gasteiger partial charge is 0.493 e. The lowest BCUT2D eigenvalue weighted by atomic mass is 10.2. The van der Waals surface area contributed by atoms with Crippen molar-refractivity contribution in [3.63, 3.8) is 0 Å². The minimum Gasteiger partial charge on any atom is -0.493 e. The number of rotatable bonds is 7. The molecular weight excluding hydrogens is 248 g/mol. The van der Waals surface area contributed by atoms with Crippen molar-refractivity contribution < 1.29 is 9.53 Å². The normalized spacial score (nSPS) is 11.6. The molecule has 1 unspecified atom stereocenters. The van der Waals surface area contributed by atoms with Crippen LogP contribution >= 0.6 is 12.2 Å². The van der Waals surface area contributed by atoms with E-state index in [0.29, 0.717) is 18.0 Å². The summed E-state index contributed by atoms with van der Waals surface area (Å²) >= 11 is 4.86. The summed E-state index contributed by atoms with van der Waals surface area (Å²) in [7, 11) is 0. The molecule has 1 rings (SSSR count). The monoisotopic (exact) mass is 266 g/mol. The van der Waals surface area contributed by atoms with Crippen molar-refractivity contribution in [1.82, 2.24) is 5.32 Å². The van der Waals surface area contributed by atoms with Gasteiger partial charge in [-0.15, -0.1) is 0 Å². The molecule has 1 aromatic carbocycles. The zero-order chi connectivity index (χ0) is 13.4. The van der Waals surface area contributed by atoms with Crippen LogP contribution in [0.25, 0.3) is 0 Å². The van der Waals surface area contributed by atoms with Crippen molar-refractivity contribution in [3.05, 3.63) is 30.3 Å². The zero-order valence-electron chi connectivity index (χ0n) is 10.4. The van der Waals surface area contributed by atoms with E-state index in [1.807, 2.05) is 37.3 Å². The second kappa shape index (κ2) is 7.66. The average molecular weight is 266 g/mol. The van der Waals surface area contributed by atoms with Crippen LogP contribution in [0.4, 0.5) is 0 Å². The Morgan fingerprint density at radius 1 is 1.44 bits per heavy atom. The summed E-state index contributed by atoms with van der Waals surface area (Å²) in [4.78, 5) is 11.9. The SMILES string of the molecule is CCC(NC(=O)CCOc1ccccc1)C(N)=S. The Morgan fingerprint density at radius 2 is 2.11 bits per heavy atom. The molecule has 4 nitrogen and oxygen atoms in total. The Kier molecular flexibility index (Phi) is 6.14. The number of para-hydroxylation sites is 1. The Labute approximate surface area is 113 Å². The highest BCUT2D eigenvalue weighted by Crippen LogP contribution is 2.08. The van der Waals surface area contributed by atoms with Gasteiger partial charge in [0.25, 0.3) is 0 Å². The topological polar surface area (TPSA) is 64.3 Å². The molecule has 1 amide bonds. The molecule has 0 spiro atoms. The minimum absolute atomic E-state index is 0.106. The van der Waals surface area contributed by atoms with Gasteiger partial charge in [-0.3, -0.25) is 4.79 Å². The van der Waals surface area contributed by atoms with Gasteiger partial charge in [-0.05, 0) is 18.6 Å². The molecule has 98 valence electrons.